The molecule has 10 heteroatoms. The van der Waals surface area contributed by atoms with Crippen LogP contribution in [0.4, 0.5) is 8.78 Å². The fourth-order valence-electron chi connectivity index (χ4n) is 5.36. The highest BCUT2D eigenvalue weighted by atomic mass is 35.5. The standard InChI is InChI=1S/C25H30ClF2NO4S.ClH/c1-29-11-2-13-34(30,31)14-9-22-19-16-33-24-21(28)8-7-20(27)23(24)25(19,10-12-32-22)15-17-3-5-18(26)6-4-17;/h3-8,19,22,29H,2,9-16H2,1H3;1H/t19-,22-,25-;/m0./s1. The Labute approximate surface area is 216 Å². The van der Waals surface area contributed by atoms with E-state index in [1.165, 1.54) is 0 Å². The first kappa shape index (κ1) is 28.1. The zero-order chi connectivity index (χ0) is 24.3. The van der Waals surface area contributed by atoms with Crippen LogP contribution >= 0.6 is 24.0 Å². The smallest absolute Gasteiger partial charge is 0.165 e. The summed E-state index contributed by atoms with van der Waals surface area (Å²) in [4.78, 5) is 0. The zero-order valence-electron chi connectivity index (χ0n) is 19.6. The van der Waals surface area contributed by atoms with Crippen LogP contribution in [0.3, 0.4) is 0 Å². The highest BCUT2D eigenvalue weighted by Crippen LogP contribution is 2.52. The lowest BCUT2D eigenvalue weighted by Crippen LogP contribution is -2.55. The van der Waals surface area contributed by atoms with Crippen LogP contribution in [0, 0.1) is 17.6 Å². The van der Waals surface area contributed by atoms with Gasteiger partial charge in [-0.25, -0.2) is 17.2 Å². The van der Waals surface area contributed by atoms with Gasteiger partial charge in [-0.1, -0.05) is 23.7 Å². The Hall–Kier alpha value is -1.45. The van der Waals surface area contributed by atoms with Crippen LogP contribution in [0.1, 0.15) is 30.4 Å². The van der Waals surface area contributed by atoms with Crippen molar-refractivity contribution in [2.45, 2.75) is 37.2 Å². The minimum atomic E-state index is -3.26. The number of ether oxygens (including phenoxy) is 2. The number of fused-ring (bicyclic) bond motifs is 3. The summed E-state index contributed by atoms with van der Waals surface area (Å²) in [6, 6.07) is 9.55. The van der Waals surface area contributed by atoms with Crippen molar-refractivity contribution in [2.24, 2.45) is 5.92 Å². The third kappa shape index (κ3) is 6.10. The Bertz CT molecular complexity index is 1120. The largest absolute Gasteiger partial charge is 0.490 e. The molecule has 0 radical (unpaired) electrons. The van der Waals surface area contributed by atoms with Crippen LogP contribution in [0.5, 0.6) is 5.75 Å². The summed E-state index contributed by atoms with van der Waals surface area (Å²) in [5, 5.41) is 3.55. The van der Waals surface area contributed by atoms with Gasteiger partial charge in [0.1, 0.15) is 15.7 Å². The van der Waals surface area contributed by atoms with E-state index in [9.17, 15) is 12.8 Å². The molecule has 0 spiro atoms. The van der Waals surface area contributed by atoms with Gasteiger partial charge >= 0.3 is 0 Å². The van der Waals surface area contributed by atoms with E-state index in [0.29, 0.717) is 37.4 Å². The van der Waals surface area contributed by atoms with E-state index in [1.807, 2.05) is 12.1 Å². The monoisotopic (exact) mass is 549 g/mol. The number of benzene rings is 2. The maximum atomic E-state index is 15.3. The van der Waals surface area contributed by atoms with Crippen LogP contribution < -0.4 is 10.1 Å². The number of sulfone groups is 1. The van der Waals surface area contributed by atoms with E-state index < -0.39 is 33.0 Å². The summed E-state index contributed by atoms with van der Waals surface area (Å²) >= 11 is 6.06. The summed E-state index contributed by atoms with van der Waals surface area (Å²) in [5.74, 6) is -1.41. The molecular formula is C25H31Cl2F2NO4S. The maximum absolute atomic E-state index is 15.3. The topological polar surface area (TPSA) is 64.6 Å². The van der Waals surface area contributed by atoms with Gasteiger partial charge in [0.05, 0.1) is 24.2 Å². The van der Waals surface area contributed by atoms with E-state index >= 15 is 4.39 Å². The molecule has 2 aliphatic rings. The highest BCUT2D eigenvalue weighted by Gasteiger charge is 2.53. The van der Waals surface area contributed by atoms with E-state index in [2.05, 4.69) is 5.32 Å². The van der Waals surface area contributed by atoms with Crippen LogP contribution in [-0.4, -0.2) is 52.8 Å². The molecule has 194 valence electrons. The molecule has 0 saturated carbocycles. The molecule has 0 amide bonds. The Kier molecular flexibility index (Phi) is 9.43. The molecule has 1 saturated heterocycles. The minimum absolute atomic E-state index is 0. The van der Waals surface area contributed by atoms with Crippen molar-refractivity contribution in [3.05, 3.63) is 64.2 Å². The summed E-state index contributed by atoms with van der Waals surface area (Å²) < 4.78 is 66.9. The third-order valence-corrected chi connectivity index (χ3v) is 9.05. The minimum Gasteiger partial charge on any atom is -0.490 e. The lowest BCUT2D eigenvalue weighted by Gasteiger charge is -2.51. The number of hydrogen-bond donors (Lipinski definition) is 1. The number of nitrogens with one attached hydrogen (secondary N) is 1. The van der Waals surface area contributed by atoms with E-state index in [-0.39, 0.29) is 54.2 Å². The van der Waals surface area contributed by atoms with Gasteiger partial charge in [0.2, 0.25) is 0 Å². The molecule has 2 heterocycles. The van der Waals surface area contributed by atoms with Gasteiger partial charge in [-0.15, -0.1) is 12.4 Å². The molecule has 2 aliphatic heterocycles. The van der Waals surface area contributed by atoms with Crippen LogP contribution in [0.15, 0.2) is 36.4 Å². The summed E-state index contributed by atoms with van der Waals surface area (Å²) in [6.07, 6.45) is 1.29. The Morgan fingerprint density at radius 1 is 1.11 bits per heavy atom. The van der Waals surface area contributed by atoms with Crippen molar-refractivity contribution >= 4 is 33.8 Å². The summed E-state index contributed by atoms with van der Waals surface area (Å²) in [6.45, 7) is 1.08. The van der Waals surface area contributed by atoms with Crippen LogP contribution in [0.25, 0.3) is 0 Å². The molecule has 2 aromatic rings. The van der Waals surface area contributed by atoms with Gasteiger partial charge in [0.15, 0.2) is 11.6 Å². The number of halogens is 4. The molecule has 0 bridgehead atoms. The van der Waals surface area contributed by atoms with Crippen molar-refractivity contribution < 1.29 is 26.7 Å². The van der Waals surface area contributed by atoms with Gasteiger partial charge in [0, 0.05) is 28.5 Å². The Morgan fingerprint density at radius 2 is 1.83 bits per heavy atom. The molecule has 4 rings (SSSR count). The van der Waals surface area contributed by atoms with Gasteiger partial charge in [0.25, 0.3) is 0 Å². The van der Waals surface area contributed by atoms with Crippen molar-refractivity contribution in [3.8, 4) is 5.75 Å². The Balaban J connectivity index is 0.00000342. The van der Waals surface area contributed by atoms with Crippen molar-refractivity contribution in [1.82, 2.24) is 5.32 Å². The van der Waals surface area contributed by atoms with Crippen molar-refractivity contribution in [3.63, 3.8) is 0 Å². The predicted molar refractivity (Wildman–Crippen MR) is 136 cm³/mol. The number of rotatable bonds is 9. The van der Waals surface area contributed by atoms with Gasteiger partial charge < -0.3 is 14.8 Å². The first-order chi connectivity index (χ1) is 16.3. The molecule has 2 aromatic carbocycles. The van der Waals surface area contributed by atoms with E-state index in [1.54, 1.807) is 19.2 Å². The van der Waals surface area contributed by atoms with Gasteiger partial charge in [-0.2, -0.15) is 0 Å². The van der Waals surface area contributed by atoms with Gasteiger partial charge in [-0.3, -0.25) is 0 Å². The molecule has 35 heavy (non-hydrogen) atoms. The van der Waals surface area contributed by atoms with Crippen LogP contribution in [-0.2, 0) is 26.4 Å². The molecule has 5 nitrogen and oxygen atoms in total. The predicted octanol–water partition coefficient (Wildman–Crippen LogP) is 4.73. The fourth-order valence-corrected chi connectivity index (χ4v) is 6.87. The Morgan fingerprint density at radius 3 is 2.54 bits per heavy atom. The summed E-state index contributed by atoms with van der Waals surface area (Å²) in [7, 11) is -1.48. The SMILES string of the molecule is CNCCCS(=O)(=O)CC[C@@H]1OCC[C@@]2(Cc3ccc(Cl)cc3)c3c(F)ccc(F)c3OC[C@@H]12.Cl. The number of hydrogen-bond acceptors (Lipinski definition) is 5. The van der Waals surface area contributed by atoms with Crippen molar-refractivity contribution in [2.75, 3.05) is 38.3 Å². The lowest BCUT2D eigenvalue weighted by molar-refractivity contribution is -0.0963. The molecule has 0 unspecified atom stereocenters. The molecule has 3 atom stereocenters. The third-order valence-electron chi connectivity index (χ3n) is 7.03. The van der Waals surface area contributed by atoms with E-state index in [4.69, 9.17) is 21.1 Å². The molecular weight excluding hydrogens is 519 g/mol. The molecule has 0 aliphatic carbocycles. The zero-order valence-corrected chi connectivity index (χ0v) is 22.0. The molecule has 0 aromatic heterocycles. The first-order valence-corrected chi connectivity index (χ1v) is 13.8. The molecule has 1 fully saturated rings. The van der Waals surface area contributed by atoms with Crippen molar-refractivity contribution in [1.29, 1.82) is 0 Å². The molecule has 1 N–H and O–H groups in total. The second-order valence-corrected chi connectivity index (χ2v) is 11.9. The quantitative estimate of drug-likeness (QED) is 0.458. The average molecular weight is 550 g/mol. The second-order valence-electron chi connectivity index (χ2n) is 9.17. The first-order valence-electron chi connectivity index (χ1n) is 11.6. The van der Waals surface area contributed by atoms with E-state index in [0.717, 1.165) is 17.7 Å². The maximum Gasteiger partial charge on any atom is 0.165 e. The normalized spacial score (nSPS) is 23.5. The van der Waals surface area contributed by atoms with Gasteiger partial charge in [-0.05, 0) is 69.1 Å². The van der Waals surface area contributed by atoms with Crippen LogP contribution in [0.2, 0.25) is 5.02 Å². The lowest BCUT2D eigenvalue weighted by atomic mass is 9.60. The summed E-state index contributed by atoms with van der Waals surface area (Å²) in [5.41, 5.74) is 0.377. The average Bonchev–Trinajstić information content (AvgIpc) is 2.81. The highest BCUT2D eigenvalue weighted by molar-refractivity contribution is 7.91. The second kappa shape index (κ2) is 11.7. The fraction of sp³-hybridized carbons (Fsp3) is 0.520.